The van der Waals surface area contributed by atoms with Crippen LogP contribution in [0, 0.1) is 0 Å². The van der Waals surface area contributed by atoms with Gasteiger partial charge in [-0.25, -0.2) is 0 Å². The summed E-state index contributed by atoms with van der Waals surface area (Å²) in [4.78, 5) is 2.60. The number of fused-ring (bicyclic) bond motifs is 1. The van der Waals surface area contributed by atoms with E-state index in [9.17, 15) is 10.2 Å². The zero-order valence-corrected chi connectivity index (χ0v) is 12.0. The van der Waals surface area contributed by atoms with Crippen LogP contribution >= 0.6 is 0 Å². The fourth-order valence-corrected chi connectivity index (χ4v) is 3.80. The highest BCUT2D eigenvalue weighted by Gasteiger charge is 2.32. The van der Waals surface area contributed by atoms with Gasteiger partial charge in [-0.3, -0.25) is 0 Å². The molecule has 110 valence electrons. The lowest BCUT2D eigenvalue weighted by Crippen LogP contribution is -2.46. The maximum absolute atomic E-state index is 9.93. The number of rotatable bonds is 3. The van der Waals surface area contributed by atoms with E-state index in [0.29, 0.717) is 11.6 Å². The lowest BCUT2D eigenvalue weighted by molar-refractivity contribution is 0.161. The molecule has 2 saturated heterocycles. The average Bonchev–Trinajstić information content (AvgIpc) is 2.85. The van der Waals surface area contributed by atoms with Crippen molar-refractivity contribution >= 4 is 0 Å². The van der Waals surface area contributed by atoms with Gasteiger partial charge in [0.25, 0.3) is 0 Å². The number of phenols is 2. The van der Waals surface area contributed by atoms with Crippen LogP contribution in [-0.2, 0) is 0 Å². The van der Waals surface area contributed by atoms with Crippen LogP contribution in [0.15, 0.2) is 18.2 Å². The number of hydrogen-bond donors (Lipinski definition) is 3. The molecule has 1 aromatic rings. The molecule has 2 fully saturated rings. The summed E-state index contributed by atoms with van der Waals surface area (Å²) < 4.78 is 0. The highest BCUT2D eigenvalue weighted by molar-refractivity contribution is 5.44. The first-order valence-electron chi connectivity index (χ1n) is 7.66. The van der Waals surface area contributed by atoms with Crippen LogP contribution in [0.25, 0.3) is 0 Å². The molecule has 0 saturated carbocycles. The standard InChI is InChI=1S/C16H24N2O2/c1-11(16-14(19)5-2-6-15(16)20)17-12-7-9-18-8-3-4-13(18)10-12/h2,5-6,11-13,17,19-20H,3-4,7-10H2,1H3. The third-order valence-electron chi connectivity index (χ3n) is 4.80. The molecule has 20 heavy (non-hydrogen) atoms. The van der Waals surface area contributed by atoms with Gasteiger partial charge < -0.3 is 20.4 Å². The lowest BCUT2D eigenvalue weighted by atomic mass is 9.95. The summed E-state index contributed by atoms with van der Waals surface area (Å²) in [5.74, 6) is 0.339. The van der Waals surface area contributed by atoms with Crippen LogP contribution in [0.1, 0.15) is 44.2 Å². The molecule has 2 heterocycles. The molecular weight excluding hydrogens is 252 g/mol. The van der Waals surface area contributed by atoms with Crippen LogP contribution in [-0.4, -0.2) is 40.3 Å². The van der Waals surface area contributed by atoms with Gasteiger partial charge in [0.15, 0.2) is 0 Å². The van der Waals surface area contributed by atoms with Crippen molar-refractivity contribution in [1.82, 2.24) is 10.2 Å². The number of aromatic hydroxyl groups is 2. The molecule has 0 spiro atoms. The maximum Gasteiger partial charge on any atom is 0.124 e. The summed E-state index contributed by atoms with van der Waals surface area (Å²) in [6.45, 7) is 4.44. The predicted molar refractivity (Wildman–Crippen MR) is 78.9 cm³/mol. The molecule has 0 bridgehead atoms. The van der Waals surface area contributed by atoms with E-state index in [2.05, 4.69) is 10.2 Å². The molecule has 2 aliphatic heterocycles. The Bertz CT molecular complexity index is 457. The van der Waals surface area contributed by atoms with Gasteiger partial charge in [-0.2, -0.15) is 0 Å². The third-order valence-corrected chi connectivity index (χ3v) is 4.80. The smallest absolute Gasteiger partial charge is 0.124 e. The number of hydrogen-bond acceptors (Lipinski definition) is 4. The fraction of sp³-hybridized carbons (Fsp3) is 0.625. The van der Waals surface area contributed by atoms with E-state index in [1.165, 1.54) is 32.4 Å². The van der Waals surface area contributed by atoms with Crippen LogP contribution in [0.2, 0.25) is 0 Å². The molecule has 0 radical (unpaired) electrons. The van der Waals surface area contributed by atoms with E-state index >= 15 is 0 Å². The minimum atomic E-state index is -0.0332. The van der Waals surface area contributed by atoms with Crippen molar-refractivity contribution in [1.29, 1.82) is 0 Å². The third kappa shape index (κ3) is 2.63. The second kappa shape index (κ2) is 5.62. The zero-order chi connectivity index (χ0) is 14.1. The van der Waals surface area contributed by atoms with Crippen molar-refractivity contribution in [3.8, 4) is 11.5 Å². The SMILES string of the molecule is CC(NC1CCN2CCCC2C1)c1c(O)cccc1O. The van der Waals surface area contributed by atoms with Gasteiger partial charge >= 0.3 is 0 Å². The summed E-state index contributed by atoms with van der Waals surface area (Å²) in [5.41, 5.74) is 0.612. The number of phenolic OH excluding ortho intramolecular Hbond substituents is 2. The number of nitrogens with zero attached hydrogens (tertiary/aromatic N) is 1. The molecule has 2 aliphatic rings. The zero-order valence-electron chi connectivity index (χ0n) is 12.0. The normalized spacial score (nSPS) is 28.2. The molecular formula is C16H24N2O2. The van der Waals surface area contributed by atoms with Gasteiger partial charge in [-0.15, -0.1) is 0 Å². The molecule has 3 unspecified atom stereocenters. The second-order valence-corrected chi connectivity index (χ2v) is 6.15. The minimum absolute atomic E-state index is 0.0332. The molecule has 3 N–H and O–H groups in total. The summed E-state index contributed by atoms with van der Waals surface area (Å²) >= 11 is 0. The number of nitrogens with one attached hydrogen (secondary N) is 1. The van der Waals surface area contributed by atoms with Crippen LogP contribution in [0.4, 0.5) is 0 Å². The molecule has 4 nitrogen and oxygen atoms in total. The highest BCUT2D eigenvalue weighted by atomic mass is 16.3. The molecule has 3 rings (SSSR count). The van der Waals surface area contributed by atoms with Crippen LogP contribution < -0.4 is 5.32 Å². The van der Waals surface area contributed by atoms with E-state index in [4.69, 9.17) is 0 Å². The Hall–Kier alpha value is -1.26. The Balaban J connectivity index is 1.65. The summed E-state index contributed by atoms with van der Waals surface area (Å²) in [6, 6.07) is 6.10. The average molecular weight is 276 g/mol. The Morgan fingerprint density at radius 1 is 1.20 bits per heavy atom. The van der Waals surface area contributed by atoms with Crippen molar-refractivity contribution < 1.29 is 10.2 Å². The van der Waals surface area contributed by atoms with Crippen LogP contribution in [0.5, 0.6) is 11.5 Å². The first kappa shape index (κ1) is 13.7. The lowest BCUT2D eigenvalue weighted by Gasteiger charge is -2.36. The number of benzene rings is 1. The van der Waals surface area contributed by atoms with Gasteiger partial charge in [0.2, 0.25) is 0 Å². The minimum Gasteiger partial charge on any atom is -0.507 e. The molecule has 4 heteroatoms. The van der Waals surface area contributed by atoms with Crippen molar-refractivity contribution in [2.75, 3.05) is 13.1 Å². The van der Waals surface area contributed by atoms with Gasteiger partial charge in [0.1, 0.15) is 11.5 Å². The van der Waals surface area contributed by atoms with Gasteiger partial charge in [0.05, 0.1) is 5.56 Å². The van der Waals surface area contributed by atoms with E-state index in [0.717, 1.165) is 12.5 Å². The Kier molecular flexibility index (Phi) is 3.85. The van der Waals surface area contributed by atoms with Crippen molar-refractivity contribution in [3.05, 3.63) is 23.8 Å². The van der Waals surface area contributed by atoms with Crippen LogP contribution in [0.3, 0.4) is 0 Å². The van der Waals surface area contributed by atoms with Gasteiger partial charge in [-0.1, -0.05) is 6.07 Å². The first-order valence-corrected chi connectivity index (χ1v) is 7.66. The monoisotopic (exact) mass is 276 g/mol. The second-order valence-electron chi connectivity index (χ2n) is 6.15. The van der Waals surface area contributed by atoms with Crippen molar-refractivity contribution in [2.45, 2.75) is 50.7 Å². The Morgan fingerprint density at radius 2 is 1.95 bits per heavy atom. The summed E-state index contributed by atoms with van der Waals surface area (Å²) in [5, 5.41) is 23.4. The molecule has 3 atom stereocenters. The summed E-state index contributed by atoms with van der Waals surface area (Å²) in [7, 11) is 0. The quantitative estimate of drug-likeness (QED) is 0.793. The van der Waals surface area contributed by atoms with Gasteiger partial charge in [-0.05, 0) is 57.8 Å². The van der Waals surface area contributed by atoms with E-state index in [-0.39, 0.29) is 17.5 Å². The topological polar surface area (TPSA) is 55.7 Å². The highest BCUT2D eigenvalue weighted by Crippen LogP contribution is 2.34. The van der Waals surface area contributed by atoms with Crippen molar-refractivity contribution in [2.24, 2.45) is 0 Å². The van der Waals surface area contributed by atoms with Gasteiger partial charge in [0, 0.05) is 18.1 Å². The number of piperidine rings is 1. The maximum atomic E-state index is 9.93. The Morgan fingerprint density at radius 3 is 2.70 bits per heavy atom. The predicted octanol–water partition coefficient (Wildman–Crippen LogP) is 2.38. The molecule has 1 aromatic carbocycles. The molecule has 0 aliphatic carbocycles. The molecule has 0 amide bonds. The first-order chi connectivity index (χ1) is 9.65. The van der Waals surface area contributed by atoms with E-state index in [1.807, 2.05) is 6.92 Å². The fourth-order valence-electron chi connectivity index (χ4n) is 3.80. The van der Waals surface area contributed by atoms with E-state index in [1.54, 1.807) is 18.2 Å². The van der Waals surface area contributed by atoms with E-state index < -0.39 is 0 Å². The molecule has 0 aromatic heterocycles. The van der Waals surface area contributed by atoms with Crippen molar-refractivity contribution in [3.63, 3.8) is 0 Å². The summed E-state index contributed by atoms with van der Waals surface area (Å²) in [6.07, 6.45) is 4.97. The Labute approximate surface area is 120 Å². The largest absolute Gasteiger partial charge is 0.507 e.